The minimum atomic E-state index is 0.593. The number of thiol groups is 2. The summed E-state index contributed by atoms with van der Waals surface area (Å²) in [5, 5.41) is 14.9. The molecule has 1 N–H and O–H groups in total. The third-order valence-corrected chi connectivity index (χ3v) is 3.47. The SMILES string of the molecule is SC1CCCC2NC12.Sc1ccnnn1. The van der Waals surface area contributed by atoms with Gasteiger partial charge in [0.05, 0.1) is 6.20 Å². The summed E-state index contributed by atoms with van der Waals surface area (Å²) in [4.78, 5) is 0. The van der Waals surface area contributed by atoms with Gasteiger partial charge >= 0.3 is 0 Å². The van der Waals surface area contributed by atoms with Crippen LogP contribution in [0.5, 0.6) is 0 Å². The molecule has 0 radical (unpaired) electrons. The van der Waals surface area contributed by atoms with E-state index in [1.165, 1.54) is 25.5 Å². The Hall–Kier alpha value is -0.330. The quantitative estimate of drug-likeness (QED) is 0.469. The minimum Gasteiger partial charge on any atom is -0.307 e. The van der Waals surface area contributed by atoms with Crippen LogP contribution in [0, 0.1) is 0 Å². The second kappa shape index (κ2) is 5.14. The molecule has 15 heavy (non-hydrogen) atoms. The van der Waals surface area contributed by atoms with Gasteiger partial charge in [-0.15, -0.1) is 22.8 Å². The van der Waals surface area contributed by atoms with Gasteiger partial charge in [0.15, 0.2) is 0 Å². The summed E-state index contributed by atoms with van der Waals surface area (Å²) >= 11 is 8.31. The molecule has 82 valence electrons. The fraction of sp³-hybridized carbons (Fsp3) is 0.667. The molecule has 6 heteroatoms. The van der Waals surface area contributed by atoms with Crippen LogP contribution >= 0.6 is 25.3 Å². The Morgan fingerprint density at radius 2 is 2.27 bits per heavy atom. The van der Waals surface area contributed by atoms with Gasteiger partial charge in [0, 0.05) is 17.3 Å². The number of hydrogen-bond donors (Lipinski definition) is 3. The third-order valence-electron chi connectivity index (χ3n) is 2.65. The average Bonchev–Trinajstić information content (AvgIpc) is 3.00. The summed E-state index contributed by atoms with van der Waals surface area (Å²) in [6.45, 7) is 0. The highest BCUT2D eigenvalue weighted by Crippen LogP contribution is 2.31. The molecular weight excluding hydrogens is 228 g/mol. The number of aromatic nitrogens is 3. The van der Waals surface area contributed by atoms with Crippen molar-refractivity contribution in [1.82, 2.24) is 20.7 Å². The Labute approximate surface area is 100 Å². The zero-order valence-electron chi connectivity index (χ0n) is 8.24. The molecular formula is C9H14N4S2. The van der Waals surface area contributed by atoms with Crippen LogP contribution in [0.3, 0.4) is 0 Å². The van der Waals surface area contributed by atoms with E-state index in [-0.39, 0.29) is 0 Å². The van der Waals surface area contributed by atoms with Crippen LogP contribution in [-0.2, 0) is 0 Å². The monoisotopic (exact) mass is 242 g/mol. The zero-order chi connectivity index (χ0) is 10.7. The fourth-order valence-corrected chi connectivity index (χ4v) is 2.38. The molecule has 1 aliphatic heterocycles. The summed E-state index contributed by atoms with van der Waals surface area (Å²) in [6.07, 6.45) is 5.62. The molecule has 1 aromatic rings. The Morgan fingerprint density at radius 3 is 2.73 bits per heavy atom. The van der Waals surface area contributed by atoms with Crippen LogP contribution in [0.2, 0.25) is 0 Å². The standard InChI is InChI=1S/C6H11NS.C3H3N3S/c8-5-3-1-2-4-6(5)7-4;7-3-1-2-4-6-5-3/h4-8H,1-3H2;1-2H,(H,4,5,7). The molecule has 1 saturated carbocycles. The molecule has 2 heterocycles. The molecule has 1 aromatic heterocycles. The topological polar surface area (TPSA) is 60.6 Å². The van der Waals surface area contributed by atoms with Crippen molar-refractivity contribution >= 4 is 25.3 Å². The first-order valence-corrected chi connectivity index (χ1v) is 6.01. The third kappa shape index (κ3) is 3.32. The number of nitrogens with one attached hydrogen (secondary N) is 1. The van der Waals surface area contributed by atoms with E-state index in [1.54, 1.807) is 6.07 Å². The van der Waals surface area contributed by atoms with Crippen LogP contribution in [0.15, 0.2) is 17.3 Å². The predicted octanol–water partition coefficient (Wildman–Crippen LogP) is 0.969. The highest BCUT2D eigenvalue weighted by molar-refractivity contribution is 7.81. The van der Waals surface area contributed by atoms with Gasteiger partial charge in [-0.05, 0) is 24.1 Å². The van der Waals surface area contributed by atoms with Gasteiger partial charge in [0.1, 0.15) is 5.03 Å². The van der Waals surface area contributed by atoms with E-state index >= 15 is 0 Å². The Balaban J connectivity index is 0.000000115. The highest BCUT2D eigenvalue weighted by atomic mass is 32.1. The summed E-state index contributed by atoms with van der Waals surface area (Å²) in [5.74, 6) is 0. The van der Waals surface area contributed by atoms with E-state index in [2.05, 4.69) is 46.0 Å². The predicted molar refractivity (Wildman–Crippen MR) is 64.4 cm³/mol. The van der Waals surface area contributed by atoms with E-state index < -0.39 is 0 Å². The van der Waals surface area contributed by atoms with E-state index in [1.807, 2.05) is 0 Å². The minimum absolute atomic E-state index is 0.593. The van der Waals surface area contributed by atoms with E-state index in [9.17, 15) is 0 Å². The van der Waals surface area contributed by atoms with Crippen LogP contribution in [0.4, 0.5) is 0 Å². The van der Waals surface area contributed by atoms with Gasteiger partial charge < -0.3 is 5.32 Å². The van der Waals surface area contributed by atoms with Crippen molar-refractivity contribution in [2.75, 3.05) is 0 Å². The number of fused-ring (bicyclic) bond motifs is 1. The van der Waals surface area contributed by atoms with E-state index in [4.69, 9.17) is 0 Å². The fourth-order valence-electron chi connectivity index (χ4n) is 1.80. The number of hydrogen-bond acceptors (Lipinski definition) is 6. The second-order valence-electron chi connectivity index (χ2n) is 3.78. The summed E-state index contributed by atoms with van der Waals surface area (Å²) in [6, 6.07) is 3.30. The lowest BCUT2D eigenvalue weighted by molar-refractivity contribution is 0.585. The molecule has 3 rings (SSSR count). The van der Waals surface area contributed by atoms with Gasteiger partial charge in [-0.25, -0.2) is 0 Å². The molecule has 3 atom stereocenters. The zero-order valence-corrected chi connectivity index (χ0v) is 10.0. The smallest absolute Gasteiger partial charge is 0.119 e. The lowest BCUT2D eigenvalue weighted by Gasteiger charge is -2.12. The van der Waals surface area contributed by atoms with Crippen LogP contribution in [0.25, 0.3) is 0 Å². The molecule has 0 amide bonds. The lowest BCUT2D eigenvalue weighted by atomic mass is 10.0. The summed E-state index contributed by atoms with van der Waals surface area (Å²) in [5.41, 5.74) is 0. The van der Waals surface area contributed by atoms with Crippen molar-refractivity contribution in [3.8, 4) is 0 Å². The molecule has 1 saturated heterocycles. The summed E-state index contributed by atoms with van der Waals surface area (Å²) < 4.78 is 0. The van der Waals surface area contributed by atoms with Crippen molar-refractivity contribution in [1.29, 1.82) is 0 Å². The normalized spacial score (nSPS) is 32.3. The maximum atomic E-state index is 4.44. The molecule has 0 aromatic carbocycles. The van der Waals surface area contributed by atoms with Crippen LogP contribution in [0.1, 0.15) is 19.3 Å². The van der Waals surface area contributed by atoms with Gasteiger partial charge in [0.25, 0.3) is 0 Å². The maximum Gasteiger partial charge on any atom is 0.119 e. The molecule has 4 nitrogen and oxygen atoms in total. The largest absolute Gasteiger partial charge is 0.307 e. The van der Waals surface area contributed by atoms with Gasteiger partial charge in [-0.2, -0.15) is 12.6 Å². The van der Waals surface area contributed by atoms with Crippen LogP contribution in [-0.4, -0.2) is 32.7 Å². The molecule has 0 bridgehead atoms. The van der Waals surface area contributed by atoms with Crippen LogP contribution < -0.4 is 5.32 Å². The molecule has 2 aliphatic rings. The Bertz CT molecular complexity index is 308. The number of rotatable bonds is 0. The summed E-state index contributed by atoms with van der Waals surface area (Å²) in [7, 11) is 0. The maximum absolute atomic E-state index is 4.44. The molecule has 0 spiro atoms. The van der Waals surface area contributed by atoms with E-state index in [0.717, 1.165) is 12.1 Å². The van der Waals surface area contributed by atoms with Gasteiger partial charge in [-0.1, -0.05) is 6.42 Å². The van der Waals surface area contributed by atoms with Crippen molar-refractivity contribution in [3.63, 3.8) is 0 Å². The van der Waals surface area contributed by atoms with Gasteiger partial charge in [-0.3, -0.25) is 0 Å². The van der Waals surface area contributed by atoms with Crippen molar-refractivity contribution in [2.45, 2.75) is 41.6 Å². The second-order valence-corrected chi connectivity index (χ2v) is 4.90. The highest BCUT2D eigenvalue weighted by Gasteiger charge is 2.42. The van der Waals surface area contributed by atoms with Crippen molar-refractivity contribution in [2.24, 2.45) is 0 Å². The first kappa shape index (κ1) is 11.2. The molecule has 1 aliphatic carbocycles. The van der Waals surface area contributed by atoms with E-state index in [0.29, 0.717) is 10.3 Å². The van der Waals surface area contributed by atoms with Crippen molar-refractivity contribution in [3.05, 3.63) is 12.3 Å². The van der Waals surface area contributed by atoms with Crippen molar-refractivity contribution < 1.29 is 0 Å². The first-order chi connectivity index (χ1) is 7.27. The lowest BCUT2D eigenvalue weighted by Crippen LogP contribution is -2.15. The molecule has 3 unspecified atom stereocenters. The number of nitrogens with zero attached hydrogens (tertiary/aromatic N) is 3. The Morgan fingerprint density at radius 1 is 1.40 bits per heavy atom. The average molecular weight is 242 g/mol. The Kier molecular flexibility index (Phi) is 3.82. The molecule has 2 fully saturated rings. The first-order valence-electron chi connectivity index (χ1n) is 5.05. The van der Waals surface area contributed by atoms with Gasteiger partial charge in [0.2, 0.25) is 0 Å².